The van der Waals surface area contributed by atoms with E-state index in [-0.39, 0.29) is 5.91 Å². The fourth-order valence-electron chi connectivity index (χ4n) is 0.922. The van der Waals surface area contributed by atoms with Gasteiger partial charge in [0.15, 0.2) is 0 Å². The Hall–Kier alpha value is -1.01. The molecule has 0 fully saturated rings. The van der Waals surface area contributed by atoms with E-state index in [1.165, 1.54) is 0 Å². The van der Waals surface area contributed by atoms with E-state index >= 15 is 0 Å². The third-order valence-corrected chi connectivity index (χ3v) is 1.72. The number of carbonyl (C=O) groups is 1. The van der Waals surface area contributed by atoms with Gasteiger partial charge in [-0.05, 0) is 13.8 Å². The van der Waals surface area contributed by atoms with E-state index in [4.69, 9.17) is 6.42 Å². The Morgan fingerprint density at radius 3 is 2.50 bits per heavy atom. The van der Waals surface area contributed by atoms with Gasteiger partial charge in [0.2, 0.25) is 5.91 Å². The Balaban J connectivity index is 3.73. The molecule has 3 heteroatoms. The van der Waals surface area contributed by atoms with Crippen molar-refractivity contribution in [3.63, 3.8) is 0 Å². The molecule has 0 spiro atoms. The number of nitrogens with one attached hydrogen (secondary N) is 2. The molecule has 0 atom stereocenters. The molecule has 0 aromatic carbocycles. The standard InChI is InChI=1S/C11H20N2O/c1-6-11(4,5)13-10(14)7-8-12-9(2)3/h1,9,12H,7-8H2,2-5H3,(H,13,14). The lowest BCUT2D eigenvalue weighted by Gasteiger charge is -2.19. The van der Waals surface area contributed by atoms with Crippen LogP contribution in [0.1, 0.15) is 34.1 Å². The summed E-state index contributed by atoms with van der Waals surface area (Å²) in [6.45, 7) is 8.39. The maximum Gasteiger partial charge on any atom is 0.222 e. The molecule has 0 radical (unpaired) electrons. The zero-order valence-corrected chi connectivity index (χ0v) is 9.48. The summed E-state index contributed by atoms with van der Waals surface area (Å²) in [5.74, 6) is 2.51. The molecule has 0 aliphatic carbocycles. The SMILES string of the molecule is C#CC(C)(C)NC(=O)CCNC(C)C. The van der Waals surface area contributed by atoms with Crippen molar-refractivity contribution < 1.29 is 4.79 Å². The van der Waals surface area contributed by atoms with Crippen LogP contribution in [-0.4, -0.2) is 24.0 Å². The van der Waals surface area contributed by atoms with Crippen LogP contribution in [-0.2, 0) is 4.79 Å². The Kier molecular flexibility index (Phi) is 5.26. The van der Waals surface area contributed by atoms with Crippen molar-refractivity contribution in [3.8, 4) is 12.3 Å². The van der Waals surface area contributed by atoms with Gasteiger partial charge in [0.05, 0.1) is 5.54 Å². The van der Waals surface area contributed by atoms with E-state index < -0.39 is 5.54 Å². The third-order valence-electron chi connectivity index (χ3n) is 1.72. The average Bonchev–Trinajstić information content (AvgIpc) is 2.02. The van der Waals surface area contributed by atoms with Gasteiger partial charge in [-0.25, -0.2) is 0 Å². The average molecular weight is 196 g/mol. The van der Waals surface area contributed by atoms with Crippen LogP contribution in [0.25, 0.3) is 0 Å². The molecule has 80 valence electrons. The minimum Gasteiger partial charge on any atom is -0.340 e. The zero-order chi connectivity index (χ0) is 11.2. The molecule has 0 rings (SSSR count). The Morgan fingerprint density at radius 2 is 2.07 bits per heavy atom. The van der Waals surface area contributed by atoms with Crippen LogP contribution in [0.4, 0.5) is 0 Å². The van der Waals surface area contributed by atoms with Crippen LogP contribution in [0.3, 0.4) is 0 Å². The van der Waals surface area contributed by atoms with Crippen molar-refractivity contribution in [1.82, 2.24) is 10.6 Å². The first-order valence-corrected chi connectivity index (χ1v) is 4.89. The van der Waals surface area contributed by atoms with E-state index in [1.807, 2.05) is 13.8 Å². The van der Waals surface area contributed by atoms with E-state index in [0.29, 0.717) is 19.0 Å². The summed E-state index contributed by atoms with van der Waals surface area (Å²) in [4.78, 5) is 11.4. The van der Waals surface area contributed by atoms with Crippen LogP contribution in [0.5, 0.6) is 0 Å². The molecule has 0 aromatic heterocycles. The third kappa shape index (κ3) is 6.50. The molecule has 14 heavy (non-hydrogen) atoms. The molecule has 1 amide bonds. The normalized spacial score (nSPS) is 11.1. The van der Waals surface area contributed by atoms with Crippen LogP contribution >= 0.6 is 0 Å². The second-order valence-electron chi connectivity index (χ2n) is 4.18. The number of hydrogen-bond acceptors (Lipinski definition) is 2. The lowest BCUT2D eigenvalue weighted by atomic mass is 10.1. The van der Waals surface area contributed by atoms with Crippen molar-refractivity contribution >= 4 is 5.91 Å². The van der Waals surface area contributed by atoms with Crippen molar-refractivity contribution in [2.24, 2.45) is 0 Å². The zero-order valence-electron chi connectivity index (χ0n) is 9.48. The summed E-state index contributed by atoms with van der Waals surface area (Å²) in [6, 6.07) is 0.406. The molecule has 0 saturated carbocycles. The number of rotatable bonds is 5. The van der Waals surface area contributed by atoms with Crippen molar-refractivity contribution in [1.29, 1.82) is 0 Å². The van der Waals surface area contributed by atoms with Gasteiger partial charge in [-0.2, -0.15) is 0 Å². The minimum atomic E-state index is -0.547. The molecule has 0 bridgehead atoms. The molecule has 0 aliphatic rings. The van der Waals surface area contributed by atoms with E-state index in [2.05, 4.69) is 16.6 Å². The Bertz CT molecular complexity index is 226. The molecule has 0 aliphatic heterocycles. The highest BCUT2D eigenvalue weighted by molar-refractivity contribution is 5.77. The predicted octanol–water partition coefficient (Wildman–Crippen LogP) is 0.902. The summed E-state index contributed by atoms with van der Waals surface area (Å²) in [6.07, 6.45) is 5.71. The summed E-state index contributed by atoms with van der Waals surface area (Å²) in [5.41, 5.74) is -0.547. The highest BCUT2D eigenvalue weighted by atomic mass is 16.1. The molecule has 2 N–H and O–H groups in total. The van der Waals surface area contributed by atoms with Crippen LogP contribution in [0.15, 0.2) is 0 Å². The predicted molar refractivity (Wildman–Crippen MR) is 58.8 cm³/mol. The molecule has 0 unspecified atom stereocenters. The van der Waals surface area contributed by atoms with E-state index in [9.17, 15) is 4.79 Å². The van der Waals surface area contributed by atoms with Crippen molar-refractivity contribution in [2.45, 2.75) is 45.7 Å². The van der Waals surface area contributed by atoms with Gasteiger partial charge in [-0.3, -0.25) is 4.79 Å². The highest BCUT2D eigenvalue weighted by Crippen LogP contribution is 1.98. The Morgan fingerprint density at radius 1 is 1.50 bits per heavy atom. The molecule has 0 heterocycles. The second kappa shape index (κ2) is 5.66. The van der Waals surface area contributed by atoms with Crippen molar-refractivity contribution in [3.05, 3.63) is 0 Å². The minimum absolute atomic E-state index is 0.0129. The first-order valence-electron chi connectivity index (χ1n) is 4.89. The van der Waals surface area contributed by atoms with Crippen molar-refractivity contribution in [2.75, 3.05) is 6.54 Å². The summed E-state index contributed by atoms with van der Waals surface area (Å²) < 4.78 is 0. The number of hydrogen-bond donors (Lipinski definition) is 2. The first kappa shape index (κ1) is 13.0. The molecule has 0 aromatic rings. The van der Waals surface area contributed by atoms with E-state index in [1.54, 1.807) is 13.8 Å². The van der Waals surface area contributed by atoms with Gasteiger partial charge in [-0.15, -0.1) is 6.42 Å². The van der Waals surface area contributed by atoms with Crippen LogP contribution in [0.2, 0.25) is 0 Å². The Labute approximate surface area is 86.6 Å². The topological polar surface area (TPSA) is 41.1 Å². The summed E-state index contributed by atoms with van der Waals surface area (Å²) in [5, 5.41) is 5.93. The molecular weight excluding hydrogens is 176 g/mol. The lowest BCUT2D eigenvalue weighted by Crippen LogP contribution is -2.43. The monoisotopic (exact) mass is 196 g/mol. The van der Waals surface area contributed by atoms with Gasteiger partial charge in [0.1, 0.15) is 0 Å². The quantitative estimate of drug-likeness (QED) is 0.642. The number of terminal acetylenes is 1. The molecule has 0 saturated heterocycles. The van der Waals surface area contributed by atoms with Gasteiger partial charge < -0.3 is 10.6 Å². The summed E-state index contributed by atoms with van der Waals surface area (Å²) in [7, 11) is 0. The van der Waals surface area contributed by atoms with Gasteiger partial charge in [0.25, 0.3) is 0 Å². The van der Waals surface area contributed by atoms with Gasteiger partial charge >= 0.3 is 0 Å². The number of amides is 1. The fraction of sp³-hybridized carbons (Fsp3) is 0.727. The molecule has 3 nitrogen and oxygen atoms in total. The highest BCUT2D eigenvalue weighted by Gasteiger charge is 2.16. The number of carbonyl (C=O) groups excluding carboxylic acids is 1. The lowest BCUT2D eigenvalue weighted by molar-refractivity contribution is -0.122. The van der Waals surface area contributed by atoms with E-state index in [0.717, 1.165) is 0 Å². The molecular formula is C11H20N2O. The maximum atomic E-state index is 11.4. The van der Waals surface area contributed by atoms with Gasteiger partial charge in [-0.1, -0.05) is 19.8 Å². The maximum absolute atomic E-state index is 11.4. The smallest absolute Gasteiger partial charge is 0.222 e. The first-order chi connectivity index (χ1) is 6.37. The largest absolute Gasteiger partial charge is 0.340 e. The second-order valence-corrected chi connectivity index (χ2v) is 4.18. The summed E-state index contributed by atoms with van der Waals surface area (Å²) >= 11 is 0. The van der Waals surface area contributed by atoms with Crippen LogP contribution in [0, 0.1) is 12.3 Å². The fourth-order valence-corrected chi connectivity index (χ4v) is 0.922. The van der Waals surface area contributed by atoms with Gasteiger partial charge in [0, 0.05) is 19.0 Å². The van der Waals surface area contributed by atoms with Crippen LogP contribution < -0.4 is 10.6 Å².